The summed E-state index contributed by atoms with van der Waals surface area (Å²) < 4.78 is 26.7. The van der Waals surface area contributed by atoms with Gasteiger partial charge in [-0.2, -0.15) is 0 Å². The van der Waals surface area contributed by atoms with Crippen LogP contribution in [0, 0.1) is 17.6 Å². The first-order chi connectivity index (χ1) is 11.5. The van der Waals surface area contributed by atoms with Gasteiger partial charge in [0.25, 0.3) is 5.91 Å². The van der Waals surface area contributed by atoms with Gasteiger partial charge in [0.15, 0.2) is 0 Å². The van der Waals surface area contributed by atoms with Crippen LogP contribution >= 0.6 is 0 Å². The van der Waals surface area contributed by atoms with E-state index in [9.17, 15) is 18.4 Å². The Morgan fingerprint density at radius 1 is 1.04 bits per heavy atom. The number of halogens is 2. The summed E-state index contributed by atoms with van der Waals surface area (Å²) in [6.45, 7) is 0.830. The lowest BCUT2D eigenvalue weighted by Gasteiger charge is -2.32. The number of hydrogen-bond donors (Lipinski definition) is 1. The third kappa shape index (κ3) is 3.74. The first-order valence-electron chi connectivity index (χ1n) is 8.59. The van der Waals surface area contributed by atoms with Gasteiger partial charge in [0, 0.05) is 31.1 Å². The molecule has 0 aromatic heterocycles. The maximum Gasteiger partial charge on any atom is 0.256 e. The molecule has 1 aliphatic carbocycles. The molecule has 2 aliphatic rings. The van der Waals surface area contributed by atoms with Crippen LogP contribution in [0.5, 0.6) is 0 Å². The van der Waals surface area contributed by atoms with Crippen molar-refractivity contribution in [2.75, 3.05) is 13.1 Å². The fourth-order valence-electron chi connectivity index (χ4n) is 3.57. The quantitative estimate of drug-likeness (QED) is 0.923. The molecule has 0 unspecified atom stereocenters. The number of carbonyl (C=O) groups excluding carboxylic acids is 2. The Hall–Kier alpha value is -1.98. The summed E-state index contributed by atoms with van der Waals surface area (Å²) in [6, 6.07) is 3.27. The van der Waals surface area contributed by atoms with Crippen molar-refractivity contribution < 1.29 is 18.4 Å². The third-order valence-electron chi connectivity index (χ3n) is 5.02. The molecule has 1 heterocycles. The topological polar surface area (TPSA) is 49.4 Å². The lowest BCUT2D eigenvalue weighted by atomic mass is 9.95. The van der Waals surface area contributed by atoms with Gasteiger partial charge in [0.1, 0.15) is 11.6 Å². The Morgan fingerprint density at radius 3 is 2.33 bits per heavy atom. The predicted octanol–water partition coefficient (Wildman–Crippen LogP) is 2.88. The number of nitrogens with one attached hydrogen (secondary N) is 1. The van der Waals surface area contributed by atoms with Crippen molar-refractivity contribution in [3.63, 3.8) is 0 Å². The molecule has 24 heavy (non-hydrogen) atoms. The van der Waals surface area contributed by atoms with E-state index < -0.39 is 17.5 Å². The summed E-state index contributed by atoms with van der Waals surface area (Å²) >= 11 is 0. The fourth-order valence-corrected chi connectivity index (χ4v) is 3.57. The van der Waals surface area contributed by atoms with Crippen LogP contribution in [0.2, 0.25) is 0 Å². The van der Waals surface area contributed by atoms with Gasteiger partial charge in [-0.1, -0.05) is 12.8 Å². The average molecular weight is 336 g/mol. The highest BCUT2D eigenvalue weighted by molar-refractivity contribution is 5.94. The fraction of sp³-hybridized carbons (Fsp3) is 0.556. The lowest BCUT2D eigenvalue weighted by Crippen LogP contribution is -2.45. The number of nitrogens with zero attached hydrogens (tertiary/aromatic N) is 1. The number of rotatable bonds is 3. The van der Waals surface area contributed by atoms with Crippen molar-refractivity contribution in [1.82, 2.24) is 10.2 Å². The highest BCUT2D eigenvalue weighted by Gasteiger charge is 2.30. The van der Waals surface area contributed by atoms with E-state index in [-0.39, 0.29) is 17.4 Å². The van der Waals surface area contributed by atoms with Crippen molar-refractivity contribution in [3.05, 3.63) is 35.4 Å². The van der Waals surface area contributed by atoms with E-state index in [1.807, 2.05) is 0 Å². The molecule has 1 N–H and O–H groups in total. The van der Waals surface area contributed by atoms with Crippen LogP contribution in [-0.2, 0) is 4.79 Å². The lowest BCUT2D eigenvalue weighted by molar-refractivity contribution is -0.127. The number of benzene rings is 1. The van der Waals surface area contributed by atoms with E-state index in [0.29, 0.717) is 32.0 Å². The monoisotopic (exact) mass is 336 g/mol. The van der Waals surface area contributed by atoms with E-state index in [4.69, 9.17) is 0 Å². The van der Waals surface area contributed by atoms with Gasteiger partial charge in [0.2, 0.25) is 5.91 Å². The van der Waals surface area contributed by atoms with Crippen LogP contribution in [-0.4, -0.2) is 35.8 Å². The summed E-state index contributed by atoms with van der Waals surface area (Å²) in [4.78, 5) is 26.2. The van der Waals surface area contributed by atoms with E-state index in [0.717, 1.165) is 25.0 Å². The Bertz CT molecular complexity index is 621. The first-order valence-corrected chi connectivity index (χ1v) is 8.59. The van der Waals surface area contributed by atoms with E-state index in [1.165, 1.54) is 23.8 Å². The van der Waals surface area contributed by atoms with Crippen molar-refractivity contribution in [2.24, 2.45) is 5.92 Å². The molecule has 4 nitrogen and oxygen atoms in total. The number of likely N-dealkylation sites (tertiary alicyclic amines) is 1. The molecule has 3 rings (SSSR count). The predicted molar refractivity (Wildman–Crippen MR) is 85.4 cm³/mol. The zero-order valence-corrected chi connectivity index (χ0v) is 13.6. The molecule has 1 aromatic carbocycles. The normalized spacial score (nSPS) is 19.5. The number of piperidine rings is 1. The second kappa shape index (κ2) is 7.28. The number of amides is 2. The summed E-state index contributed by atoms with van der Waals surface area (Å²) in [5.41, 5.74) is -0.120. The molecule has 0 bridgehead atoms. The summed E-state index contributed by atoms with van der Waals surface area (Å²) in [7, 11) is 0. The Morgan fingerprint density at radius 2 is 1.71 bits per heavy atom. The zero-order chi connectivity index (χ0) is 17.1. The van der Waals surface area contributed by atoms with Crippen LogP contribution in [0.1, 0.15) is 48.9 Å². The maximum absolute atomic E-state index is 13.7. The highest BCUT2D eigenvalue weighted by atomic mass is 19.1. The Kier molecular flexibility index (Phi) is 5.11. The van der Waals surface area contributed by atoms with Crippen molar-refractivity contribution in [2.45, 2.75) is 44.6 Å². The van der Waals surface area contributed by atoms with E-state index in [1.54, 1.807) is 0 Å². The number of carbonyl (C=O) groups is 2. The smallest absolute Gasteiger partial charge is 0.256 e. The van der Waals surface area contributed by atoms with E-state index >= 15 is 0 Å². The van der Waals surface area contributed by atoms with E-state index in [2.05, 4.69) is 5.32 Å². The van der Waals surface area contributed by atoms with Gasteiger partial charge in [0.05, 0.1) is 5.56 Å². The zero-order valence-electron chi connectivity index (χ0n) is 13.6. The minimum atomic E-state index is -0.846. The Balaban J connectivity index is 1.54. The maximum atomic E-state index is 13.7. The average Bonchev–Trinajstić information content (AvgIpc) is 3.07. The molecule has 0 spiro atoms. The van der Waals surface area contributed by atoms with Gasteiger partial charge in [-0.25, -0.2) is 8.78 Å². The molecule has 1 aromatic rings. The molecule has 0 atom stereocenters. The van der Waals surface area contributed by atoms with Crippen LogP contribution in [0.4, 0.5) is 8.78 Å². The molecular weight excluding hydrogens is 314 g/mol. The van der Waals surface area contributed by atoms with Crippen molar-refractivity contribution in [1.29, 1.82) is 0 Å². The third-order valence-corrected chi connectivity index (χ3v) is 5.02. The molecule has 6 heteroatoms. The van der Waals surface area contributed by atoms with Gasteiger partial charge in [-0.05, 0) is 37.8 Å². The second-order valence-corrected chi connectivity index (χ2v) is 6.68. The minimum Gasteiger partial charge on any atom is -0.353 e. The van der Waals surface area contributed by atoms with Crippen molar-refractivity contribution in [3.8, 4) is 0 Å². The largest absolute Gasteiger partial charge is 0.353 e. The van der Waals surface area contributed by atoms with Gasteiger partial charge >= 0.3 is 0 Å². The summed E-state index contributed by atoms with van der Waals surface area (Å²) in [5.74, 6) is -2.01. The molecule has 1 saturated carbocycles. The molecular formula is C18H22F2N2O2. The van der Waals surface area contributed by atoms with Crippen LogP contribution in [0.15, 0.2) is 18.2 Å². The highest BCUT2D eigenvalue weighted by Crippen LogP contribution is 2.23. The second-order valence-electron chi connectivity index (χ2n) is 6.68. The molecule has 2 amide bonds. The number of hydrogen-bond acceptors (Lipinski definition) is 2. The van der Waals surface area contributed by atoms with Crippen LogP contribution in [0.3, 0.4) is 0 Å². The Labute approximate surface area is 140 Å². The SMILES string of the molecule is O=C(NC1CCCC1)C1CCN(C(=O)c2ccc(F)cc2F)CC1. The molecule has 0 radical (unpaired) electrons. The molecule has 2 fully saturated rings. The molecule has 1 saturated heterocycles. The van der Waals surface area contributed by atoms with Crippen LogP contribution in [0.25, 0.3) is 0 Å². The van der Waals surface area contributed by atoms with Crippen molar-refractivity contribution >= 4 is 11.8 Å². The standard InChI is InChI=1S/C18H22F2N2O2/c19-13-5-6-15(16(20)11-13)18(24)22-9-7-12(8-10-22)17(23)21-14-3-1-2-4-14/h5-6,11-12,14H,1-4,7-10H2,(H,21,23). The molecule has 1 aliphatic heterocycles. The first kappa shape index (κ1) is 16.9. The van der Waals surface area contributed by atoms with Gasteiger partial charge in [-0.3, -0.25) is 9.59 Å². The van der Waals surface area contributed by atoms with Crippen LogP contribution < -0.4 is 5.32 Å². The summed E-state index contributed by atoms with van der Waals surface area (Å²) in [5, 5.41) is 3.10. The minimum absolute atomic E-state index is 0.0713. The molecule has 130 valence electrons. The summed E-state index contributed by atoms with van der Waals surface area (Å²) in [6.07, 6.45) is 5.59. The van der Waals surface area contributed by atoms with Gasteiger partial charge in [-0.15, -0.1) is 0 Å². The van der Waals surface area contributed by atoms with Gasteiger partial charge < -0.3 is 10.2 Å².